The monoisotopic (exact) mass is 304 g/mol. The smallest absolute Gasteiger partial charge is 0.228 e. The molecule has 0 aliphatic carbocycles. The number of rotatable bonds is 1. The fourth-order valence-corrected chi connectivity index (χ4v) is 2.01. The summed E-state index contributed by atoms with van der Waals surface area (Å²) in [5.41, 5.74) is 1.85. The summed E-state index contributed by atoms with van der Waals surface area (Å²) in [6, 6.07) is 1.94. The molecule has 0 saturated heterocycles. The van der Waals surface area contributed by atoms with Crippen LogP contribution in [-0.4, -0.2) is 17.1 Å². The molecule has 0 fully saturated rings. The van der Waals surface area contributed by atoms with Gasteiger partial charge in [-0.05, 0) is 37.9 Å². The minimum Gasteiger partial charge on any atom is -0.480 e. The van der Waals surface area contributed by atoms with Gasteiger partial charge in [0, 0.05) is 6.20 Å². The molecule has 0 aromatic carbocycles. The minimum absolute atomic E-state index is 0.591. The molecule has 2 heterocycles. The van der Waals surface area contributed by atoms with Crippen molar-refractivity contribution in [3.63, 3.8) is 0 Å². The van der Waals surface area contributed by atoms with E-state index in [1.54, 1.807) is 7.11 Å². The van der Waals surface area contributed by atoms with Gasteiger partial charge in [-0.15, -0.1) is 0 Å². The lowest BCUT2D eigenvalue weighted by Crippen LogP contribution is -1.88. The van der Waals surface area contributed by atoms with Crippen molar-refractivity contribution < 1.29 is 4.74 Å². The number of halogens is 2. The zero-order valence-corrected chi connectivity index (χ0v) is 9.94. The molecule has 13 heavy (non-hydrogen) atoms. The number of ether oxygens (including phenoxy) is 1. The zero-order chi connectivity index (χ0) is 9.42. The second-order valence-corrected chi connectivity index (χ2v) is 4.22. The molecular weight excluding hydrogens is 300 g/mol. The fraction of sp³-hybridized carbons (Fsp3) is 0.125. The summed E-state index contributed by atoms with van der Waals surface area (Å²) >= 11 is 6.75. The van der Waals surface area contributed by atoms with Gasteiger partial charge in [0.1, 0.15) is 5.52 Å². The fourth-order valence-electron chi connectivity index (χ4n) is 1.12. The normalized spacial score (nSPS) is 10.7. The van der Waals surface area contributed by atoms with E-state index in [2.05, 4.69) is 41.8 Å². The Morgan fingerprint density at radius 1 is 1.38 bits per heavy atom. The molecule has 0 bridgehead atoms. The second kappa shape index (κ2) is 3.31. The summed E-state index contributed by atoms with van der Waals surface area (Å²) in [5.74, 6) is 0.591. The molecule has 3 nitrogen and oxygen atoms in total. The molecule has 0 radical (unpaired) electrons. The van der Waals surface area contributed by atoms with Crippen molar-refractivity contribution >= 4 is 42.9 Å². The van der Waals surface area contributed by atoms with E-state index in [0.29, 0.717) is 5.88 Å². The lowest BCUT2D eigenvalue weighted by molar-refractivity contribution is 0.397. The number of hydrogen-bond donors (Lipinski definition) is 1. The van der Waals surface area contributed by atoms with Crippen LogP contribution in [0.25, 0.3) is 11.0 Å². The number of H-pyrrole nitrogens is 1. The Balaban J connectivity index is 2.77. The summed E-state index contributed by atoms with van der Waals surface area (Å²) in [7, 11) is 1.60. The van der Waals surface area contributed by atoms with Crippen LogP contribution in [0.4, 0.5) is 0 Å². The first-order chi connectivity index (χ1) is 6.22. The third kappa shape index (κ3) is 1.46. The summed E-state index contributed by atoms with van der Waals surface area (Å²) in [4.78, 5) is 7.39. The van der Waals surface area contributed by atoms with Crippen LogP contribution in [0, 0.1) is 0 Å². The van der Waals surface area contributed by atoms with Crippen LogP contribution in [0.3, 0.4) is 0 Å². The van der Waals surface area contributed by atoms with Crippen LogP contribution in [0.2, 0.25) is 0 Å². The number of nitrogens with one attached hydrogen (secondary N) is 1. The molecule has 0 aliphatic heterocycles. The first-order valence-electron chi connectivity index (χ1n) is 3.59. The van der Waals surface area contributed by atoms with Crippen molar-refractivity contribution in [1.82, 2.24) is 9.97 Å². The summed E-state index contributed by atoms with van der Waals surface area (Å²) < 4.78 is 6.87. The van der Waals surface area contributed by atoms with Crippen LogP contribution in [-0.2, 0) is 0 Å². The van der Waals surface area contributed by atoms with E-state index in [9.17, 15) is 0 Å². The molecule has 0 spiro atoms. The summed E-state index contributed by atoms with van der Waals surface area (Å²) in [6.07, 6.45) is 1.85. The van der Waals surface area contributed by atoms with Gasteiger partial charge in [-0.1, -0.05) is 0 Å². The van der Waals surface area contributed by atoms with Gasteiger partial charge in [0.15, 0.2) is 0 Å². The predicted molar refractivity (Wildman–Crippen MR) is 58.0 cm³/mol. The quantitative estimate of drug-likeness (QED) is 0.879. The molecule has 0 unspecified atom stereocenters. The number of aromatic amines is 1. The van der Waals surface area contributed by atoms with E-state index in [1.165, 1.54) is 0 Å². The third-order valence-corrected chi connectivity index (χ3v) is 2.89. The molecule has 1 N–H and O–H groups in total. The molecule has 2 aromatic heterocycles. The maximum atomic E-state index is 5.08. The van der Waals surface area contributed by atoms with Crippen molar-refractivity contribution in [1.29, 1.82) is 0 Å². The van der Waals surface area contributed by atoms with Gasteiger partial charge >= 0.3 is 0 Å². The van der Waals surface area contributed by atoms with Gasteiger partial charge in [0.2, 0.25) is 5.88 Å². The largest absolute Gasteiger partial charge is 0.480 e. The average molecular weight is 306 g/mol. The van der Waals surface area contributed by atoms with Gasteiger partial charge in [-0.2, -0.15) is 0 Å². The summed E-state index contributed by atoms with van der Waals surface area (Å²) in [5, 5.41) is 0. The first kappa shape index (κ1) is 9.02. The minimum atomic E-state index is 0.591. The van der Waals surface area contributed by atoms with Crippen molar-refractivity contribution in [2.45, 2.75) is 0 Å². The highest BCUT2D eigenvalue weighted by Crippen LogP contribution is 2.29. The number of pyridine rings is 1. The highest BCUT2D eigenvalue weighted by molar-refractivity contribution is 9.11. The first-order valence-corrected chi connectivity index (χ1v) is 5.18. The molecule has 0 atom stereocenters. The molecule has 0 saturated carbocycles. The Labute approximate surface area is 91.8 Å². The highest BCUT2D eigenvalue weighted by atomic mass is 79.9. The van der Waals surface area contributed by atoms with Gasteiger partial charge in [0.05, 0.1) is 21.6 Å². The molecule has 2 rings (SSSR count). The lowest BCUT2D eigenvalue weighted by atomic mass is 10.4. The standard InChI is InChI=1S/C8H6Br2N2O/c1-13-8-4(9)2-6-7(12-8)5(10)3-11-6/h2-3,11H,1H3. The Morgan fingerprint density at radius 3 is 2.85 bits per heavy atom. The Kier molecular flexibility index (Phi) is 2.29. The number of fused-ring (bicyclic) bond motifs is 1. The van der Waals surface area contributed by atoms with Crippen molar-refractivity contribution in [3.05, 3.63) is 21.2 Å². The van der Waals surface area contributed by atoms with E-state index in [1.807, 2.05) is 12.3 Å². The van der Waals surface area contributed by atoms with Gasteiger partial charge in [-0.25, -0.2) is 4.98 Å². The Hall–Kier alpha value is -0.550. The van der Waals surface area contributed by atoms with Crippen LogP contribution >= 0.6 is 31.9 Å². The molecule has 2 aromatic rings. The van der Waals surface area contributed by atoms with E-state index in [4.69, 9.17) is 4.74 Å². The van der Waals surface area contributed by atoms with Crippen molar-refractivity contribution in [2.75, 3.05) is 7.11 Å². The van der Waals surface area contributed by atoms with Crippen LogP contribution in [0.1, 0.15) is 0 Å². The topological polar surface area (TPSA) is 37.9 Å². The average Bonchev–Trinajstić information content (AvgIpc) is 2.46. The number of methoxy groups -OCH3 is 1. The Morgan fingerprint density at radius 2 is 2.15 bits per heavy atom. The third-order valence-electron chi connectivity index (χ3n) is 1.72. The predicted octanol–water partition coefficient (Wildman–Crippen LogP) is 3.10. The van der Waals surface area contributed by atoms with Crippen LogP contribution in [0.5, 0.6) is 5.88 Å². The van der Waals surface area contributed by atoms with E-state index >= 15 is 0 Å². The van der Waals surface area contributed by atoms with Crippen LogP contribution < -0.4 is 4.74 Å². The number of nitrogens with zero attached hydrogens (tertiary/aromatic N) is 1. The number of aromatic nitrogens is 2. The Bertz CT molecular complexity index is 453. The maximum absolute atomic E-state index is 5.08. The van der Waals surface area contributed by atoms with Crippen molar-refractivity contribution in [3.8, 4) is 5.88 Å². The lowest BCUT2D eigenvalue weighted by Gasteiger charge is -2.01. The van der Waals surface area contributed by atoms with Crippen LogP contribution in [0.15, 0.2) is 21.2 Å². The summed E-state index contributed by atoms with van der Waals surface area (Å²) in [6.45, 7) is 0. The SMILES string of the molecule is COc1nc2c(Br)c[nH]c2cc1Br. The van der Waals surface area contributed by atoms with Gasteiger partial charge in [-0.3, -0.25) is 0 Å². The molecule has 0 aliphatic rings. The molecule has 0 amide bonds. The molecular formula is C8H6Br2N2O. The van der Waals surface area contributed by atoms with Crippen molar-refractivity contribution in [2.24, 2.45) is 0 Å². The highest BCUT2D eigenvalue weighted by Gasteiger charge is 2.07. The number of hydrogen-bond acceptors (Lipinski definition) is 2. The second-order valence-electron chi connectivity index (χ2n) is 2.51. The van der Waals surface area contributed by atoms with E-state index < -0.39 is 0 Å². The van der Waals surface area contributed by atoms with E-state index in [-0.39, 0.29) is 0 Å². The molecule has 5 heteroatoms. The maximum Gasteiger partial charge on any atom is 0.228 e. The van der Waals surface area contributed by atoms with Gasteiger partial charge in [0.25, 0.3) is 0 Å². The zero-order valence-electron chi connectivity index (χ0n) is 6.77. The molecule has 68 valence electrons. The van der Waals surface area contributed by atoms with E-state index in [0.717, 1.165) is 20.0 Å². The van der Waals surface area contributed by atoms with Gasteiger partial charge < -0.3 is 9.72 Å².